The number of benzene rings is 1. The number of carbonyl (C=O) groups excluding carboxylic acids is 2. The van der Waals surface area contributed by atoms with Crippen molar-refractivity contribution in [3.63, 3.8) is 0 Å². The van der Waals surface area contributed by atoms with Gasteiger partial charge in [-0.3, -0.25) is 9.59 Å². The van der Waals surface area contributed by atoms with Gasteiger partial charge >= 0.3 is 6.18 Å². The fraction of sp³-hybridized carbons (Fsp3) is 0.333. The number of carbonyl (C=O) groups is 2. The molecular formula is C21H20F5N5O4. The monoisotopic (exact) mass is 501 g/mol. The molecule has 4 N–H and O–H groups in total. The number of halogens is 5. The first-order valence-corrected chi connectivity index (χ1v) is 10.1. The lowest BCUT2D eigenvalue weighted by atomic mass is 10.1. The van der Waals surface area contributed by atoms with Gasteiger partial charge in [0.2, 0.25) is 17.7 Å². The molecule has 0 saturated carbocycles. The Bertz CT molecular complexity index is 1240. The molecule has 1 amide bonds. The van der Waals surface area contributed by atoms with Gasteiger partial charge in [0, 0.05) is 6.54 Å². The molecule has 0 bridgehead atoms. The second kappa shape index (κ2) is 10.2. The molecule has 1 aromatic carbocycles. The number of nitrogens with zero attached hydrogens (tertiary/aromatic N) is 2. The van der Waals surface area contributed by atoms with Crippen LogP contribution in [0.4, 0.5) is 33.6 Å². The molecule has 0 fully saturated rings. The highest BCUT2D eigenvalue weighted by Gasteiger charge is 2.34. The van der Waals surface area contributed by atoms with Crippen molar-refractivity contribution in [1.29, 1.82) is 0 Å². The summed E-state index contributed by atoms with van der Waals surface area (Å²) in [7, 11) is 0. The molecule has 0 aliphatic rings. The number of amides is 1. The fourth-order valence-corrected chi connectivity index (χ4v) is 3.01. The van der Waals surface area contributed by atoms with Crippen molar-refractivity contribution in [2.45, 2.75) is 39.1 Å². The van der Waals surface area contributed by atoms with Crippen LogP contribution >= 0.6 is 0 Å². The fourth-order valence-electron chi connectivity index (χ4n) is 3.01. The summed E-state index contributed by atoms with van der Waals surface area (Å²) < 4.78 is 70.6. The number of imidazole rings is 1. The number of hydrogen-bond donors (Lipinski definition) is 4. The lowest BCUT2D eigenvalue weighted by Gasteiger charge is -2.15. The average Bonchev–Trinajstić information content (AvgIpc) is 3.15. The highest BCUT2D eigenvalue weighted by atomic mass is 19.4. The number of aliphatic hydroxyl groups is 1. The van der Waals surface area contributed by atoms with Crippen molar-refractivity contribution in [2.24, 2.45) is 0 Å². The van der Waals surface area contributed by atoms with E-state index in [0.29, 0.717) is 5.56 Å². The molecule has 2 heterocycles. The number of pyridine rings is 1. The van der Waals surface area contributed by atoms with Crippen molar-refractivity contribution in [3.05, 3.63) is 41.0 Å². The maximum Gasteiger partial charge on any atom is 0.418 e. The summed E-state index contributed by atoms with van der Waals surface area (Å²) in [6.07, 6.45) is -8.84. The van der Waals surface area contributed by atoms with Crippen LogP contribution in [0.3, 0.4) is 0 Å². The number of aromatic nitrogens is 3. The molecule has 1 unspecified atom stereocenters. The lowest BCUT2D eigenvalue weighted by molar-refractivity contribution is -0.137. The number of rotatable bonds is 9. The van der Waals surface area contributed by atoms with E-state index in [2.05, 4.69) is 25.6 Å². The lowest BCUT2D eigenvalue weighted by Crippen LogP contribution is -2.32. The van der Waals surface area contributed by atoms with Gasteiger partial charge in [-0.05, 0) is 37.6 Å². The highest BCUT2D eigenvalue weighted by Crippen LogP contribution is 2.36. The Morgan fingerprint density at radius 1 is 1.20 bits per heavy atom. The molecule has 0 aliphatic carbocycles. The smallest absolute Gasteiger partial charge is 0.418 e. The number of anilines is 2. The van der Waals surface area contributed by atoms with Gasteiger partial charge in [-0.15, -0.1) is 0 Å². The molecule has 2 aromatic heterocycles. The quantitative estimate of drug-likeness (QED) is 0.261. The van der Waals surface area contributed by atoms with E-state index < -0.39 is 48.3 Å². The summed E-state index contributed by atoms with van der Waals surface area (Å²) in [5.74, 6) is -1.79. The van der Waals surface area contributed by atoms with Crippen molar-refractivity contribution >= 4 is 34.5 Å². The van der Waals surface area contributed by atoms with Gasteiger partial charge in [-0.25, -0.2) is 8.78 Å². The summed E-state index contributed by atoms with van der Waals surface area (Å²) in [6.45, 7) is 1.25. The number of fused-ring (bicyclic) bond motifs is 1. The molecule has 1 atom stereocenters. The highest BCUT2D eigenvalue weighted by molar-refractivity contribution is 5.99. The number of aromatic amines is 1. The van der Waals surface area contributed by atoms with Gasteiger partial charge in [0.25, 0.3) is 6.43 Å². The predicted molar refractivity (Wildman–Crippen MR) is 114 cm³/mol. The minimum atomic E-state index is -4.73. The minimum Gasteiger partial charge on any atom is -0.471 e. The Morgan fingerprint density at radius 3 is 2.51 bits per heavy atom. The maximum absolute atomic E-state index is 13.6. The van der Waals surface area contributed by atoms with Crippen molar-refractivity contribution in [1.82, 2.24) is 20.3 Å². The second-order valence-corrected chi connectivity index (χ2v) is 7.45. The van der Waals surface area contributed by atoms with Gasteiger partial charge in [0.05, 0.1) is 22.3 Å². The van der Waals surface area contributed by atoms with E-state index in [0.717, 1.165) is 12.1 Å². The van der Waals surface area contributed by atoms with E-state index in [1.807, 2.05) is 0 Å². The van der Waals surface area contributed by atoms with Crippen molar-refractivity contribution in [2.75, 3.05) is 11.9 Å². The molecule has 3 aromatic rings. The topological polar surface area (TPSA) is 129 Å². The Balaban J connectivity index is 1.95. The Labute approximate surface area is 194 Å². The molecule has 0 spiro atoms. The van der Waals surface area contributed by atoms with Crippen LogP contribution in [0.15, 0.2) is 24.3 Å². The first-order valence-electron chi connectivity index (χ1n) is 10.1. The van der Waals surface area contributed by atoms with Gasteiger partial charge in [-0.2, -0.15) is 23.1 Å². The standard InChI is InChI=1S/C21H20F5N5O4/c1-9(32)12-6-15-17(30-19(12)35-8-16(22)23)31-20(29-15)28-14-5-11(7-27-18(34)10(2)33)3-4-13(14)21(24,25)26/h3-6,10,16,33H,7-8H2,1-2H3,(H,27,34)(H2,28,29,30,31). The zero-order valence-corrected chi connectivity index (χ0v) is 18.3. The van der Waals surface area contributed by atoms with Gasteiger partial charge in [0.1, 0.15) is 6.10 Å². The Kier molecular flexibility index (Phi) is 7.53. The molecule has 0 radical (unpaired) electrons. The molecule has 35 heavy (non-hydrogen) atoms. The molecular weight excluding hydrogens is 481 g/mol. The van der Waals surface area contributed by atoms with Crippen LogP contribution in [-0.2, 0) is 17.5 Å². The maximum atomic E-state index is 13.6. The first-order chi connectivity index (χ1) is 16.3. The van der Waals surface area contributed by atoms with Crippen LogP contribution in [0.25, 0.3) is 11.2 Å². The summed E-state index contributed by atoms with van der Waals surface area (Å²) >= 11 is 0. The average molecular weight is 501 g/mol. The number of aliphatic hydroxyl groups excluding tert-OH is 1. The third-order valence-corrected chi connectivity index (χ3v) is 4.65. The molecule has 0 saturated heterocycles. The zero-order valence-electron chi connectivity index (χ0n) is 18.3. The van der Waals surface area contributed by atoms with Crippen LogP contribution in [0.2, 0.25) is 0 Å². The number of Topliss-reactive ketones (excluding diaryl/α,β-unsaturated/α-hetero) is 1. The molecule has 0 aliphatic heterocycles. The third kappa shape index (κ3) is 6.41. The van der Waals surface area contributed by atoms with Gasteiger partial charge < -0.3 is 25.5 Å². The number of hydrogen-bond acceptors (Lipinski definition) is 7. The van der Waals surface area contributed by atoms with Crippen LogP contribution in [-0.4, -0.2) is 50.9 Å². The molecule has 14 heteroatoms. The normalized spacial score (nSPS) is 12.6. The van der Waals surface area contributed by atoms with E-state index in [9.17, 15) is 36.6 Å². The summed E-state index contributed by atoms with van der Waals surface area (Å²) in [5.41, 5.74) is -1.18. The van der Waals surface area contributed by atoms with E-state index in [-0.39, 0.29) is 35.1 Å². The minimum absolute atomic E-state index is 0.0873. The van der Waals surface area contributed by atoms with Crippen molar-refractivity contribution < 1.29 is 41.4 Å². The van der Waals surface area contributed by atoms with Crippen molar-refractivity contribution in [3.8, 4) is 5.88 Å². The SMILES string of the molecule is CC(=O)c1cc2[nH]c(Nc3cc(CNC(=O)C(C)O)ccc3C(F)(F)F)nc2nc1OCC(F)F. The van der Waals surface area contributed by atoms with Crippen LogP contribution in [0.1, 0.15) is 35.3 Å². The van der Waals surface area contributed by atoms with Gasteiger partial charge in [-0.1, -0.05) is 6.07 Å². The largest absolute Gasteiger partial charge is 0.471 e. The van der Waals surface area contributed by atoms with E-state index in [1.54, 1.807) is 0 Å². The second-order valence-electron chi connectivity index (χ2n) is 7.45. The zero-order chi connectivity index (χ0) is 25.9. The number of ether oxygens (including phenoxy) is 1. The molecule has 188 valence electrons. The third-order valence-electron chi connectivity index (χ3n) is 4.65. The van der Waals surface area contributed by atoms with E-state index in [4.69, 9.17) is 4.74 Å². The van der Waals surface area contributed by atoms with E-state index >= 15 is 0 Å². The summed E-state index contributed by atoms with van der Waals surface area (Å²) in [6, 6.07) is 4.37. The van der Waals surface area contributed by atoms with Gasteiger partial charge in [0.15, 0.2) is 18.0 Å². The van der Waals surface area contributed by atoms with Crippen LogP contribution < -0.4 is 15.4 Å². The number of alkyl halides is 5. The van der Waals surface area contributed by atoms with Crippen LogP contribution in [0, 0.1) is 0 Å². The predicted octanol–water partition coefficient (Wildman–Crippen LogP) is 3.56. The number of ketones is 1. The first kappa shape index (κ1) is 25.8. The summed E-state index contributed by atoms with van der Waals surface area (Å²) in [4.78, 5) is 34.1. The number of nitrogens with one attached hydrogen (secondary N) is 3. The van der Waals surface area contributed by atoms with E-state index in [1.165, 1.54) is 26.0 Å². The number of H-pyrrole nitrogens is 1. The Hall–Kier alpha value is -3.81. The van der Waals surface area contributed by atoms with Crippen LogP contribution in [0.5, 0.6) is 5.88 Å². The Morgan fingerprint density at radius 2 is 1.91 bits per heavy atom. The molecule has 9 nitrogen and oxygen atoms in total. The molecule has 3 rings (SSSR count). The summed E-state index contributed by atoms with van der Waals surface area (Å²) in [5, 5.41) is 14.1.